The second-order valence-corrected chi connectivity index (χ2v) is 5.28. The lowest BCUT2D eigenvalue weighted by Crippen LogP contribution is -2.53. The molecule has 20 heavy (non-hydrogen) atoms. The molecule has 0 aliphatic carbocycles. The molecule has 1 unspecified atom stereocenters. The van der Waals surface area contributed by atoms with Crippen LogP contribution in [0, 0.1) is 0 Å². The lowest BCUT2D eigenvalue weighted by atomic mass is 10.1. The van der Waals surface area contributed by atoms with Crippen LogP contribution in [0.5, 0.6) is 5.75 Å². The Bertz CT molecular complexity index is 533. The highest BCUT2D eigenvalue weighted by molar-refractivity contribution is 7.80. The number of amides is 1. The van der Waals surface area contributed by atoms with Crippen LogP contribution in [0.1, 0.15) is 18.1 Å². The molecule has 6 heteroatoms. The van der Waals surface area contributed by atoms with Gasteiger partial charge in [-0.1, -0.05) is 18.3 Å². The fraction of sp³-hybridized carbons (Fsp3) is 0.429. The summed E-state index contributed by atoms with van der Waals surface area (Å²) in [5.74, 6) is 0.743. The van der Waals surface area contributed by atoms with Gasteiger partial charge in [0, 0.05) is 19.6 Å². The molecule has 2 rings (SSSR count). The second-order valence-electron chi connectivity index (χ2n) is 4.84. The largest absolute Gasteiger partial charge is 0.496 e. The van der Waals surface area contributed by atoms with Crippen LogP contribution in [0.2, 0.25) is 0 Å². The van der Waals surface area contributed by atoms with E-state index >= 15 is 0 Å². The van der Waals surface area contributed by atoms with Gasteiger partial charge in [0.1, 0.15) is 10.7 Å². The Hall–Kier alpha value is -1.66. The molecule has 0 spiro atoms. The second kappa shape index (κ2) is 6.19. The molecule has 3 N–H and O–H groups in total. The summed E-state index contributed by atoms with van der Waals surface area (Å²) in [7, 11) is 1.60. The van der Waals surface area contributed by atoms with Crippen molar-refractivity contribution in [3.8, 4) is 5.75 Å². The minimum atomic E-state index is -0.120. The van der Waals surface area contributed by atoms with E-state index in [1.54, 1.807) is 7.11 Å². The third-order valence-corrected chi connectivity index (χ3v) is 3.76. The Balaban J connectivity index is 2.17. The summed E-state index contributed by atoms with van der Waals surface area (Å²) in [6.45, 7) is 4.13. The van der Waals surface area contributed by atoms with Gasteiger partial charge in [-0.25, -0.2) is 0 Å². The maximum absolute atomic E-state index is 11.7. The molecule has 1 aromatic carbocycles. The highest BCUT2D eigenvalue weighted by Gasteiger charge is 2.25. The van der Waals surface area contributed by atoms with Crippen molar-refractivity contribution >= 4 is 23.1 Å². The Morgan fingerprint density at radius 1 is 1.60 bits per heavy atom. The quantitative estimate of drug-likeness (QED) is 0.798. The number of ether oxygens (including phenoxy) is 1. The Kier molecular flexibility index (Phi) is 4.57. The first-order chi connectivity index (χ1) is 9.52. The first-order valence-corrected chi connectivity index (χ1v) is 6.92. The van der Waals surface area contributed by atoms with Crippen LogP contribution in [0.3, 0.4) is 0 Å². The van der Waals surface area contributed by atoms with Gasteiger partial charge in [-0.15, -0.1) is 0 Å². The minimum Gasteiger partial charge on any atom is -0.496 e. The van der Waals surface area contributed by atoms with Gasteiger partial charge in [0.2, 0.25) is 5.91 Å². The molecule has 0 bridgehead atoms. The number of rotatable bonds is 4. The molecule has 0 radical (unpaired) electrons. The van der Waals surface area contributed by atoms with Crippen molar-refractivity contribution in [1.82, 2.24) is 10.2 Å². The highest BCUT2D eigenvalue weighted by Crippen LogP contribution is 2.22. The van der Waals surface area contributed by atoms with Gasteiger partial charge in [-0.2, -0.15) is 0 Å². The molecule has 1 atom stereocenters. The standard InChI is InChI=1S/C14H19N3O2S/c1-9-14(18)16-5-6-17(9)8-10-3-4-11(13(15)20)12(7-10)19-2/h3-4,7,9H,5-6,8H2,1-2H3,(H2,15,20)(H,16,18). The predicted molar refractivity (Wildman–Crippen MR) is 81.8 cm³/mol. The third-order valence-electron chi connectivity index (χ3n) is 3.54. The molecule has 1 saturated heterocycles. The average molecular weight is 293 g/mol. The molecule has 1 aromatic rings. The summed E-state index contributed by atoms with van der Waals surface area (Å²) in [4.78, 5) is 14.1. The topological polar surface area (TPSA) is 67.6 Å². The van der Waals surface area contributed by atoms with E-state index in [0.717, 1.165) is 17.7 Å². The summed E-state index contributed by atoms with van der Waals surface area (Å²) < 4.78 is 5.32. The van der Waals surface area contributed by atoms with Gasteiger partial charge in [0.25, 0.3) is 0 Å². The van der Waals surface area contributed by atoms with Gasteiger partial charge in [0.05, 0.1) is 18.7 Å². The van der Waals surface area contributed by atoms with Crippen molar-refractivity contribution in [2.24, 2.45) is 5.73 Å². The number of hydrogen-bond donors (Lipinski definition) is 2. The van der Waals surface area contributed by atoms with Crippen molar-refractivity contribution in [2.75, 3.05) is 20.2 Å². The van der Waals surface area contributed by atoms with Gasteiger partial charge < -0.3 is 15.8 Å². The van der Waals surface area contributed by atoms with Crippen LogP contribution in [0.4, 0.5) is 0 Å². The minimum absolute atomic E-state index is 0.0722. The summed E-state index contributed by atoms with van der Waals surface area (Å²) in [6.07, 6.45) is 0. The van der Waals surface area contributed by atoms with Gasteiger partial charge in [-0.05, 0) is 24.6 Å². The van der Waals surface area contributed by atoms with E-state index in [2.05, 4.69) is 10.2 Å². The average Bonchev–Trinajstić information content (AvgIpc) is 2.43. The first-order valence-electron chi connectivity index (χ1n) is 6.51. The normalized spacial score (nSPS) is 19.5. The Labute approximate surface area is 124 Å². The fourth-order valence-corrected chi connectivity index (χ4v) is 2.49. The number of nitrogens with one attached hydrogen (secondary N) is 1. The number of hydrogen-bond acceptors (Lipinski definition) is 4. The van der Waals surface area contributed by atoms with Gasteiger partial charge in [0.15, 0.2) is 0 Å². The van der Waals surface area contributed by atoms with Crippen molar-refractivity contribution in [3.05, 3.63) is 29.3 Å². The van der Waals surface area contributed by atoms with E-state index in [4.69, 9.17) is 22.7 Å². The molecule has 108 valence electrons. The summed E-state index contributed by atoms with van der Waals surface area (Å²) >= 11 is 4.99. The van der Waals surface area contributed by atoms with Gasteiger partial charge in [-0.3, -0.25) is 9.69 Å². The molecule has 0 saturated carbocycles. The number of carbonyl (C=O) groups is 1. The number of methoxy groups -OCH3 is 1. The maximum atomic E-state index is 11.7. The molecule has 0 aromatic heterocycles. The van der Waals surface area contributed by atoms with E-state index in [1.807, 2.05) is 25.1 Å². The maximum Gasteiger partial charge on any atom is 0.237 e. The van der Waals surface area contributed by atoms with Crippen molar-refractivity contribution < 1.29 is 9.53 Å². The van der Waals surface area contributed by atoms with Crippen molar-refractivity contribution in [2.45, 2.75) is 19.5 Å². The molecule has 1 aliphatic heterocycles. The third kappa shape index (κ3) is 3.08. The molecule has 1 fully saturated rings. The van der Waals surface area contributed by atoms with Crippen LogP contribution in [0.15, 0.2) is 18.2 Å². The smallest absolute Gasteiger partial charge is 0.237 e. The highest BCUT2D eigenvalue weighted by atomic mass is 32.1. The predicted octanol–water partition coefficient (Wildman–Crippen LogP) is 0.650. The van der Waals surface area contributed by atoms with E-state index in [-0.39, 0.29) is 11.9 Å². The van der Waals surface area contributed by atoms with Crippen LogP contribution < -0.4 is 15.8 Å². The molecule has 5 nitrogen and oxygen atoms in total. The van der Waals surface area contributed by atoms with Crippen molar-refractivity contribution in [3.63, 3.8) is 0 Å². The monoisotopic (exact) mass is 293 g/mol. The van der Waals surface area contributed by atoms with Crippen molar-refractivity contribution in [1.29, 1.82) is 0 Å². The summed E-state index contributed by atoms with van der Waals surface area (Å²) in [5, 5.41) is 2.86. The Morgan fingerprint density at radius 2 is 2.35 bits per heavy atom. The van der Waals surface area contributed by atoms with Crippen LogP contribution in [-0.2, 0) is 11.3 Å². The lowest BCUT2D eigenvalue weighted by molar-refractivity contribution is -0.128. The van der Waals surface area contributed by atoms with E-state index in [1.165, 1.54) is 0 Å². The SMILES string of the molecule is COc1cc(CN2CCNC(=O)C2C)ccc1C(N)=S. The molecular weight excluding hydrogens is 274 g/mol. The number of nitrogens with zero attached hydrogens (tertiary/aromatic N) is 1. The van der Waals surface area contributed by atoms with Crippen LogP contribution in [0.25, 0.3) is 0 Å². The van der Waals surface area contributed by atoms with E-state index < -0.39 is 0 Å². The number of nitrogens with two attached hydrogens (primary N) is 1. The number of carbonyl (C=O) groups excluding carboxylic acids is 1. The zero-order valence-corrected chi connectivity index (χ0v) is 12.5. The van der Waals surface area contributed by atoms with Crippen LogP contribution >= 0.6 is 12.2 Å². The summed E-state index contributed by atoms with van der Waals surface area (Å²) in [6, 6.07) is 5.64. The zero-order chi connectivity index (χ0) is 14.7. The van der Waals surface area contributed by atoms with Crippen LogP contribution in [-0.4, -0.2) is 42.0 Å². The summed E-state index contributed by atoms with van der Waals surface area (Å²) in [5.41, 5.74) is 7.46. The Morgan fingerprint density at radius 3 is 3.00 bits per heavy atom. The molecular formula is C14H19N3O2S. The van der Waals surface area contributed by atoms with E-state index in [9.17, 15) is 4.79 Å². The number of piperazine rings is 1. The molecule has 1 heterocycles. The number of benzene rings is 1. The lowest BCUT2D eigenvalue weighted by Gasteiger charge is -2.32. The first kappa shape index (κ1) is 14.7. The zero-order valence-electron chi connectivity index (χ0n) is 11.7. The fourth-order valence-electron chi connectivity index (χ4n) is 2.32. The molecule has 1 amide bonds. The van der Waals surface area contributed by atoms with E-state index in [0.29, 0.717) is 23.8 Å². The van der Waals surface area contributed by atoms with Gasteiger partial charge >= 0.3 is 0 Å². The molecule has 1 aliphatic rings. The number of thiocarbonyl (C=S) groups is 1.